The van der Waals surface area contributed by atoms with Crippen LogP contribution < -0.4 is 9.62 Å². The van der Waals surface area contributed by atoms with Crippen LogP contribution in [0.3, 0.4) is 0 Å². The Bertz CT molecular complexity index is 1390. The predicted molar refractivity (Wildman–Crippen MR) is 123 cm³/mol. The first-order chi connectivity index (χ1) is 15.8. The second kappa shape index (κ2) is 9.00. The Hall–Kier alpha value is -3.76. The van der Waals surface area contributed by atoms with Crippen LogP contribution in [0, 0.1) is 5.82 Å². The Morgan fingerprint density at radius 1 is 1.12 bits per heavy atom. The van der Waals surface area contributed by atoms with Crippen molar-refractivity contribution < 1.29 is 17.6 Å². The van der Waals surface area contributed by atoms with E-state index in [0.717, 1.165) is 16.4 Å². The first kappa shape index (κ1) is 22.4. The van der Waals surface area contributed by atoms with Crippen molar-refractivity contribution in [3.05, 3.63) is 95.7 Å². The molecule has 0 saturated carbocycles. The van der Waals surface area contributed by atoms with Crippen LogP contribution in [0.2, 0.25) is 5.02 Å². The summed E-state index contributed by atoms with van der Waals surface area (Å²) < 4.78 is 41.9. The number of anilines is 2. The summed E-state index contributed by atoms with van der Waals surface area (Å²) in [4.78, 5) is 16.9. The van der Waals surface area contributed by atoms with Gasteiger partial charge in [-0.2, -0.15) is 5.10 Å². The van der Waals surface area contributed by atoms with Crippen LogP contribution in [-0.4, -0.2) is 36.1 Å². The second-order valence-corrected chi connectivity index (χ2v) is 9.28. The highest BCUT2D eigenvalue weighted by Gasteiger charge is 2.24. The number of benzene rings is 2. The lowest BCUT2D eigenvalue weighted by Crippen LogP contribution is -2.27. The molecule has 4 rings (SSSR count). The van der Waals surface area contributed by atoms with E-state index in [2.05, 4.69) is 15.4 Å². The summed E-state index contributed by atoms with van der Waals surface area (Å²) in [5, 5.41) is 6.81. The molecule has 0 atom stereocenters. The van der Waals surface area contributed by atoms with E-state index >= 15 is 0 Å². The Morgan fingerprint density at radius 2 is 1.88 bits per heavy atom. The fraction of sp³-hybridized carbons (Fsp3) is 0.0455. The van der Waals surface area contributed by atoms with Gasteiger partial charge in [0, 0.05) is 19.4 Å². The topological polar surface area (TPSA) is 97.2 Å². The van der Waals surface area contributed by atoms with E-state index in [4.69, 9.17) is 11.6 Å². The van der Waals surface area contributed by atoms with Gasteiger partial charge >= 0.3 is 0 Å². The number of hydrogen-bond acceptors (Lipinski definition) is 5. The van der Waals surface area contributed by atoms with Crippen molar-refractivity contribution in [1.29, 1.82) is 0 Å². The van der Waals surface area contributed by atoms with Crippen molar-refractivity contribution in [3.63, 3.8) is 0 Å². The van der Waals surface area contributed by atoms with Gasteiger partial charge in [-0.25, -0.2) is 22.5 Å². The van der Waals surface area contributed by atoms with Gasteiger partial charge in [0.25, 0.3) is 15.9 Å². The Kier molecular flexibility index (Phi) is 6.12. The Morgan fingerprint density at radius 3 is 2.52 bits per heavy atom. The number of aromatic nitrogens is 3. The summed E-state index contributed by atoms with van der Waals surface area (Å²) >= 11 is 6.18. The highest BCUT2D eigenvalue weighted by Crippen LogP contribution is 2.26. The molecule has 4 aromatic rings. The minimum atomic E-state index is -4.03. The van der Waals surface area contributed by atoms with Crippen molar-refractivity contribution in [3.8, 4) is 5.82 Å². The number of hydrogen-bond donors (Lipinski definition) is 1. The maximum absolute atomic E-state index is 13.2. The quantitative estimate of drug-likeness (QED) is 0.442. The van der Waals surface area contributed by atoms with Gasteiger partial charge in [0.15, 0.2) is 5.82 Å². The van der Waals surface area contributed by atoms with E-state index in [-0.39, 0.29) is 21.2 Å². The fourth-order valence-electron chi connectivity index (χ4n) is 2.99. The average Bonchev–Trinajstić information content (AvgIpc) is 3.35. The average molecular weight is 486 g/mol. The van der Waals surface area contributed by atoms with Gasteiger partial charge in [-0.05, 0) is 60.7 Å². The van der Waals surface area contributed by atoms with Gasteiger partial charge < -0.3 is 5.32 Å². The molecule has 8 nitrogen and oxygen atoms in total. The largest absolute Gasteiger partial charge is 0.321 e. The molecule has 2 heterocycles. The maximum atomic E-state index is 13.2. The molecular weight excluding hydrogens is 469 g/mol. The third kappa shape index (κ3) is 4.71. The van der Waals surface area contributed by atoms with Gasteiger partial charge in [-0.1, -0.05) is 11.6 Å². The number of pyridine rings is 1. The minimum absolute atomic E-state index is 0.0265. The zero-order valence-electron chi connectivity index (χ0n) is 17.2. The number of nitrogens with one attached hydrogen (secondary N) is 1. The molecule has 1 amide bonds. The number of rotatable bonds is 6. The molecule has 1 N–H and O–H groups in total. The predicted octanol–water partition coefficient (Wildman–Crippen LogP) is 4.14. The monoisotopic (exact) mass is 485 g/mol. The van der Waals surface area contributed by atoms with Gasteiger partial charge in [0.1, 0.15) is 5.82 Å². The highest BCUT2D eigenvalue weighted by molar-refractivity contribution is 7.92. The van der Waals surface area contributed by atoms with Gasteiger partial charge in [0.2, 0.25) is 0 Å². The number of nitrogens with zero attached hydrogens (tertiary/aromatic N) is 4. The van der Waals surface area contributed by atoms with Crippen LogP contribution in [-0.2, 0) is 10.0 Å². The Labute approximate surface area is 194 Å². The van der Waals surface area contributed by atoms with Crippen molar-refractivity contribution in [1.82, 2.24) is 14.8 Å². The van der Waals surface area contributed by atoms with Crippen molar-refractivity contribution >= 4 is 38.9 Å². The number of carbonyl (C=O) groups is 1. The summed E-state index contributed by atoms with van der Waals surface area (Å²) in [6.45, 7) is 0. The van der Waals surface area contributed by atoms with Crippen LogP contribution in [0.4, 0.5) is 15.8 Å². The van der Waals surface area contributed by atoms with Gasteiger partial charge in [-0.3, -0.25) is 9.10 Å². The second-order valence-electron chi connectivity index (χ2n) is 6.90. The van der Waals surface area contributed by atoms with E-state index < -0.39 is 21.7 Å². The number of sulfonamides is 1. The molecular formula is C22H17ClFN5O3S. The van der Waals surface area contributed by atoms with E-state index in [1.165, 1.54) is 43.6 Å². The normalized spacial score (nSPS) is 11.2. The zero-order valence-corrected chi connectivity index (χ0v) is 18.8. The van der Waals surface area contributed by atoms with Crippen molar-refractivity contribution in [2.45, 2.75) is 4.90 Å². The van der Waals surface area contributed by atoms with Gasteiger partial charge in [0.05, 0.1) is 33.1 Å². The Balaban J connectivity index is 1.57. The molecule has 0 fully saturated rings. The summed E-state index contributed by atoms with van der Waals surface area (Å²) in [6.07, 6.45) is 4.80. The minimum Gasteiger partial charge on any atom is -0.321 e. The van der Waals surface area contributed by atoms with E-state index in [0.29, 0.717) is 11.5 Å². The SMILES string of the molecule is CN(c1ccc(F)cc1)S(=O)(=O)c1ccc(Cl)c(C(=O)Nc2ccc(-n3cccn3)nc2)c1. The fourth-order valence-corrected chi connectivity index (χ4v) is 4.41. The van der Waals surface area contributed by atoms with Crippen LogP contribution in [0.15, 0.2) is 84.1 Å². The molecule has 0 unspecified atom stereocenters. The van der Waals surface area contributed by atoms with Crippen LogP contribution in [0.25, 0.3) is 5.82 Å². The molecule has 2 aromatic heterocycles. The molecule has 0 aliphatic rings. The summed E-state index contributed by atoms with van der Waals surface area (Å²) in [5.74, 6) is -0.523. The molecule has 11 heteroatoms. The van der Waals surface area contributed by atoms with E-state index in [1.54, 1.807) is 35.3 Å². The van der Waals surface area contributed by atoms with Crippen LogP contribution in [0.5, 0.6) is 0 Å². The number of amides is 1. The maximum Gasteiger partial charge on any atom is 0.264 e. The standard InChI is InChI=1S/C22H17ClFN5O3S/c1-28(17-6-3-15(24)4-7-17)33(31,32)18-8-9-20(23)19(13-18)22(30)27-16-5-10-21(25-14-16)29-12-2-11-26-29/h2-14H,1H3,(H,27,30). The summed E-state index contributed by atoms with van der Waals surface area (Å²) in [6, 6.07) is 13.9. The molecule has 0 saturated heterocycles. The van der Waals surface area contributed by atoms with Gasteiger partial charge in [-0.15, -0.1) is 0 Å². The molecule has 0 spiro atoms. The summed E-state index contributed by atoms with van der Waals surface area (Å²) in [5.41, 5.74) is 0.630. The molecule has 0 bridgehead atoms. The summed E-state index contributed by atoms with van der Waals surface area (Å²) in [7, 11) is -2.69. The highest BCUT2D eigenvalue weighted by atomic mass is 35.5. The van der Waals surface area contributed by atoms with Crippen molar-refractivity contribution in [2.24, 2.45) is 0 Å². The molecule has 2 aromatic carbocycles. The van der Waals surface area contributed by atoms with E-state index in [9.17, 15) is 17.6 Å². The third-order valence-corrected chi connectivity index (χ3v) is 6.89. The van der Waals surface area contributed by atoms with Crippen molar-refractivity contribution in [2.75, 3.05) is 16.7 Å². The lowest BCUT2D eigenvalue weighted by atomic mass is 10.2. The molecule has 0 aliphatic carbocycles. The van der Waals surface area contributed by atoms with Crippen LogP contribution >= 0.6 is 11.6 Å². The lowest BCUT2D eigenvalue weighted by molar-refractivity contribution is 0.102. The number of carbonyl (C=O) groups excluding carboxylic acids is 1. The third-order valence-electron chi connectivity index (χ3n) is 4.78. The molecule has 0 aliphatic heterocycles. The first-order valence-corrected chi connectivity index (χ1v) is 11.4. The number of halogens is 2. The molecule has 0 radical (unpaired) electrons. The van der Waals surface area contributed by atoms with E-state index in [1.807, 2.05) is 0 Å². The molecule has 33 heavy (non-hydrogen) atoms. The van der Waals surface area contributed by atoms with Crippen LogP contribution in [0.1, 0.15) is 10.4 Å². The molecule has 168 valence electrons. The zero-order chi connectivity index (χ0) is 23.6. The first-order valence-electron chi connectivity index (χ1n) is 9.57. The lowest BCUT2D eigenvalue weighted by Gasteiger charge is -2.20. The smallest absolute Gasteiger partial charge is 0.264 e.